The molecule has 0 atom stereocenters. The lowest BCUT2D eigenvalue weighted by atomic mass is 10.1. The van der Waals surface area contributed by atoms with E-state index in [4.69, 9.17) is 11.5 Å². The Morgan fingerprint density at radius 3 is 2.35 bits per heavy atom. The molecule has 0 unspecified atom stereocenters. The van der Waals surface area contributed by atoms with Crippen LogP contribution < -0.4 is 11.5 Å². The van der Waals surface area contributed by atoms with Crippen LogP contribution in [0.4, 0.5) is 0 Å². The summed E-state index contributed by atoms with van der Waals surface area (Å²) in [4.78, 5) is 11.2. The Kier molecular flexibility index (Phi) is 4.16. The van der Waals surface area contributed by atoms with Crippen molar-refractivity contribution in [3.05, 3.63) is 77.1 Å². The zero-order chi connectivity index (χ0) is 16.2. The summed E-state index contributed by atoms with van der Waals surface area (Å²) < 4.78 is 1.75. The molecule has 6 nitrogen and oxygen atoms in total. The van der Waals surface area contributed by atoms with Gasteiger partial charge in [0.25, 0.3) is 0 Å². The van der Waals surface area contributed by atoms with Gasteiger partial charge >= 0.3 is 0 Å². The largest absolute Gasteiger partial charge is 0.366 e. The number of carbonyl (C=O) groups excluding carboxylic acids is 1. The Bertz CT molecular complexity index is 809. The van der Waals surface area contributed by atoms with Gasteiger partial charge in [0.2, 0.25) is 5.91 Å². The fraction of sp³-hybridized carbons (Fsp3) is 0.118. The molecule has 0 bridgehead atoms. The number of hydrogen-bond acceptors (Lipinski definition) is 4. The highest BCUT2D eigenvalue weighted by Crippen LogP contribution is 2.17. The molecule has 0 saturated carbocycles. The summed E-state index contributed by atoms with van der Waals surface area (Å²) in [6.07, 6.45) is 0.679. The number of primary amides is 1. The minimum absolute atomic E-state index is 0.321. The maximum atomic E-state index is 11.2. The molecule has 1 aromatic heterocycles. The SMILES string of the molecule is NCc1nnn(-c2ccc(C(N)=O)cc2)c1Cc1ccccc1. The summed E-state index contributed by atoms with van der Waals surface area (Å²) in [5.74, 6) is -0.456. The van der Waals surface area contributed by atoms with Crippen LogP contribution in [0, 0.1) is 0 Å². The molecule has 116 valence electrons. The van der Waals surface area contributed by atoms with E-state index in [1.54, 1.807) is 28.9 Å². The average Bonchev–Trinajstić information content (AvgIpc) is 2.98. The molecule has 0 aliphatic carbocycles. The second-order valence-electron chi connectivity index (χ2n) is 5.17. The van der Waals surface area contributed by atoms with Crippen molar-refractivity contribution >= 4 is 5.91 Å². The fourth-order valence-corrected chi connectivity index (χ4v) is 2.43. The fourth-order valence-electron chi connectivity index (χ4n) is 2.43. The van der Waals surface area contributed by atoms with E-state index in [-0.39, 0.29) is 0 Å². The Morgan fingerprint density at radius 2 is 1.74 bits per heavy atom. The van der Waals surface area contributed by atoms with Crippen molar-refractivity contribution in [3.8, 4) is 5.69 Å². The predicted octanol–water partition coefficient (Wildman–Crippen LogP) is 1.42. The Morgan fingerprint density at radius 1 is 1.04 bits per heavy atom. The maximum Gasteiger partial charge on any atom is 0.248 e. The molecule has 4 N–H and O–H groups in total. The number of nitrogens with two attached hydrogens (primary N) is 2. The van der Waals surface area contributed by atoms with Gasteiger partial charge in [-0.15, -0.1) is 5.10 Å². The van der Waals surface area contributed by atoms with Gasteiger partial charge in [0.05, 0.1) is 11.4 Å². The number of hydrogen-bond donors (Lipinski definition) is 2. The van der Waals surface area contributed by atoms with Gasteiger partial charge in [-0.2, -0.15) is 0 Å². The Labute approximate surface area is 133 Å². The number of carbonyl (C=O) groups is 1. The highest BCUT2D eigenvalue weighted by atomic mass is 16.1. The number of rotatable bonds is 5. The number of amides is 1. The lowest BCUT2D eigenvalue weighted by Gasteiger charge is -2.08. The zero-order valence-corrected chi connectivity index (χ0v) is 12.5. The van der Waals surface area contributed by atoms with E-state index in [9.17, 15) is 4.79 Å². The number of nitrogens with zero attached hydrogens (tertiary/aromatic N) is 3. The second-order valence-corrected chi connectivity index (χ2v) is 5.17. The highest BCUT2D eigenvalue weighted by molar-refractivity contribution is 5.92. The standard InChI is InChI=1S/C17H17N5O/c18-11-15-16(10-12-4-2-1-3-5-12)22(21-20-15)14-8-6-13(7-9-14)17(19)23/h1-9H,10-11,18H2,(H2,19,23). The van der Waals surface area contributed by atoms with Gasteiger partial charge in [0.1, 0.15) is 5.69 Å². The molecule has 0 radical (unpaired) electrons. The maximum absolute atomic E-state index is 11.2. The van der Waals surface area contributed by atoms with Gasteiger partial charge in [-0.05, 0) is 29.8 Å². The summed E-state index contributed by atoms with van der Waals surface area (Å²) >= 11 is 0. The third-order valence-corrected chi connectivity index (χ3v) is 3.65. The minimum Gasteiger partial charge on any atom is -0.366 e. The van der Waals surface area contributed by atoms with E-state index in [0.29, 0.717) is 18.5 Å². The number of aromatic nitrogens is 3. The summed E-state index contributed by atoms with van der Waals surface area (Å²) in [6.45, 7) is 0.321. The van der Waals surface area contributed by atoms with E-state index >= 15 is 0 Å². The molecule has 3 rings (SSSR count). The molecule has 0 aliphatic rings. The molecule has 0 fully saturated rings. The van der Waals surface area contributed by atoms with Crippen molar-refractivity contribution in [2.24, 2.45) is 11.5 Å². The normalized spacial score (nSPS) is 10.7. The first kappa shape index (κ1) is 14.9. The third-order valence-electron chi connectivity index (χ3n) is 3.65. The first-order chi connectivity index (χ1) is 11.2. The smallest absolute Gasteiger partial charge is 0.248 e. The van der Waals surface area contributed by atoms with Crippen LogP contribution in [0.5, 0.6) is 0 Å². The molecular weight excluding hydrogens is 290 g/mol. The quantitative estimate of drug-likeness (QED) is 0.744. The average molecular weight is 307 g/mol. The Balaban J connectivity index is 1.99. The third kappa shape index (κ3) is 3.12. The summed E-state index contributed by atoms with van der Waals surface area (Å²) in [7, 11) is 0. The van der Waals surface area contributed by atoms with Crippen LogP contribution in [0.2, 0.25) is 0 Å². The van der Waals surface area contributed by atoms with Crippen LogP contribution in [0.3, 0.4) is 0 Å². The van der Waals surface area contributed by atoms with Crippen LogP contribution in [0.1, 0.15) is 27.3 Å². The van der Waals surface area contributed by atoms with E-state index in [0.717, 1.165) is 22.6 Å². The van der Waals surface area contributed by atoms with Crippen LogP contribution in [0.25, 0.3) is 5.69 Å². The first-order valence-electron chi connectivity index (χ1n) is 7.26. The van der Waals surface area contributed by atoms with Crippen LogP contribution in [-0.4, -0.2) is 20.9 Å². The van der Waals surface area contributed by atoms with Crippen LogP contribution in [-0.2, 0) is 13.0 Å². The van der Waals surface area contributed by atoms with E-state index < -0.39 is 5.91 Å². The molecule has 0 aliphatic heterocycles. The van der Waals surface area contributed by atoms with Gasteiger partial charge in [0.15, 0.2) is 0 Å². The summed E-state index contributed by atoms with van der Waals surface area (Å²) in [5, 5.41) is 8.36. The van der Waals surface area contributed by atoms with Crippen molar-refractivity contribution in [1.29, 1.82) is 0 Å². The van der Waals surface area contributed by atoms with Gasteiger partial charge in [-0.1, -0.05) is 35.5 Å². The van der Waals surface area contributed by atoms with Gasteiger partial charge in [-0.25, -0.2) is 4.68 Å². The van der Waals surface area contributed by atoms with Crippen molar-refractivity contribution < 1.29 is 4.79 Å². The molecule has 23 heavy (non-hydrogen) atoms. The highest BCUT2D eigenvalue weighted by Gasteiger charge is 2.14. The lowest BCUT2D eigenvalue weighted by molar-refractivity contribution is 0.100. The topological polar surface area (TPSA) is 99.8 Å². The van der Waals surface area contributed by atoms with Crippen LogP contribution >= 0.6 is 0 Å². The van der Waals surface area contributed by atoms with Crippen LogP contribution in [0.15, 0.2) is 54.6 Å². The first-order valence-corrected chi connectivity index (χ1v) is 7.26. The van der Waals surface area contributed by atoms with Crippen molar-refractivity contribution in [2.45, 2.75) is 13.0 Å². The molecule has 6 heteroatoms. The van der Waals surface area contributed by atoms with Crippen molar-refractivity contribution in [3.63, 3.8) is 0 Å². The summed E-state index contributed by atoms with van der Waals surface area (Å²) in [5.41, 5.74) is 15.2. The molecular formula is C17H17N5O. The molecule has 1 heterocycles. The van der Waals surface area contributed by atoms with Gasteiger partial charge in [0, 0.05) is 18.5 Å². The van der Waals surface area contributed by atoms with E-state index in [1.807, 2.05) is 30.3 Å². The van der Waals surface area contributed by atoms with Gasteiger partial charge < -0.3 is 11.5 Å². The molecule has 0 spiro atoms. The van der Waals surface area contributed by atoms with E-state index in [2.05, 4.69) is 10.3 Å². The second kappa shape index (κ2) is 6.41. The molecule has 0 saturated heterocycles. The lowest BCUT2D eigenvalue weighted by Crippen LogP contribution is -2.11. The number of benzene rings is 2. The van der Waals surface area contributed by atoms with Crippen molar-refractivity contribution in [1.82, 2.24) is 15.0 Å². The molecule has 3 aromatic rings. The predicted molar refractivity (Wildman–Crippen MR) is 87.0 cm³/mol. The molecule has 1 amide bonds. The minimum atomic E-state index is -0.456. The molecule has 2 aromatic carbocycles. The van der Waals surface area contributed by atoms with Crippen molar-refractivity contribution in [2.75, 3.05) is 0 Å². The monoisotopic (exact) mass is 307 g/mol. The summed E-state index contributed by atoms with van der Waals surface area (Å²) in [6, 6.07) is 17.0. The zero-order valence-electron chi connectivity index (χ0n) is 12.5. The van der Waals surface area contributed by atoms with Gasteiger partial charge in [-0.3, -0.25) is 4.79 Å². The Hall–Kier alpha value is -2.99. The van der Waals surface area contributed by atoms with E-state index in [1.165, 1.54) is 0 Å².